The number of thioether (sulfide) groups is 1. The second-order valence-electron chi connectivity index (χ2n) is 4.38. The fraction of sp³-hybridized carbons (Fsp3) is 0.385. The number of rotatable bonds is 4. The van der Waals surface area contributed by atoms with Crippen LogP contribution in [0.25, 0.3) is 0 Å². The molecule has 0 aromatic heterocycles. The molecule has 0 spiro atoms. The molecule has 0 atom stereocenters. The van der Waals surface area contributed by atoms with E-state index < -0.39 is 0 Å². The molecule has 1 aromatic carbocycles. The third kappa shape index (κ3) is 5.22. The van der Waals surface area contributed by atoms with Crippen molar-refractivity contribution in [3.63, 3.8) is 0 Å². The number of nitrogens with one attached hydrogen (secondary N) is 2. The highest BCUT2D eigenvalue weighted by Crippen LogP contribution is 2.07. The topological polar surface area (TPSA) is 45.9 Å². The number of halogens is 1. The maximum atomic E-state index is 11.7. The van der Waals surface area contributed by atoms with Gasteiger partial charge in [-0.15, -0.1) is 0 Å². The Balaban J connectivity index is 1.74. The van der Waals surface area contributed by atoms with Crippen LogP contribution in [0.15, 0.2) is 29.4 Å². The van der Waals surface area contributed by atoms with E-state index in [4.69, 9.17) is 11.6 Å². The van der Waals surface area contributed by atoms with Gasteiger partial charge >= 0.3 is 0 Å². The molecule has 2 N–H and O–H groups in total. The smallest absolute Gasteiger partial charge is 0.295 e. The molecule has 1 heterocycles. The highest BCUT2D eigenvalue weighted by molar-refractivity contribution is 7.99. The maximum absolute atomic E-state index is 11.7. The summed E-state index contributed by atoms with van der Waals surface area (Å²) in [4.78, 5) is 13.0. The van der Waals surface area contributed by atoms with Gasteiger partial charge in [0.25, 0.3) is 5.91 Å². The van der Waals surface area contributed by atoms with Crippen molar-refractivity contribution in [2.75, 3.05) is 31.1 Å². The summed E-state index contributed by atoms with van der Waals surface area (Å²) in [6.07, 6.45) is 1.62. The quantitative estimate of drug-likeness (QED) is 0.625. The van der Waals surface area contributed by atoms with Gasteiger partial charge in [0.1, 0.15) is 0 Å². The van der Waals surface area contributed by atoms with Crippen LogP contribution in [0.1, 0.15) is 5.56 Å². The molecule has 102 valence electrons. The Morgan fingerprint density at radius 3 is 2.74 bits per heavy atom. The van der Waals surface area contributed by atoms with Gasteiger partial charge in [0.15, 0.2) is 6.54 Å². The average molecular weight is 299 g/mol. The van der Waals surface area contributed by atoms with Crippen LogP contribution in [0.5, 0.6) is 0 Å². The van der Waals surface area contributed by atoms with E-state index in [0.717, 1.165) is 30.2 Å². The molecule has 0 unspecified atom stereocenters. The largest absolute Gasteiger partial charge is 0.326 e. The molecule has 19 heavy (non-hydrogen) atoms. The number of benzene rings is 1. The van der Waals surface area contributed by atoms with E-state index in [2.05, 4.69) is 10.5 Å². The van der Waals surface area contributed by atoms with Crippen LogP contribution in [-0.4, -0.2) is 43.3 Å². The fourth-order valence-electron chi connectivity index (χ4n) is 1.83. The molecule has 1 saturated heterocycles. The Kier molecular flexibility index (Phi) is 5.69. The van der Waals surface area contributed by atoms with Crippen molar-refractivity contribution in [2.24, 2.45) is 5.10 Å². The monoisotopic (exact) mass is 298 g/mol. The van der Waals surface area contributed by atoms with Crippen LogP contribution < -0.4 is 10.3 Å². The second-order valence-corrected chi connectivity index (χ2v) is 6.05. The molecule has 0 radical (unpaired) electrons. The number of carbonyl (C=O) groups is 1. The first-order valence-electron chi connectivity index (χ1n) is 6.23. The molecule has 0 saturated carbocycles. The second kappa shape index (κ2) is 7.53. The van der Waals surface area contributed by atoms with E-state index in [0.29, 0.717) is 11.6 Å². The summed E-state index contributed by atoms with van der Waals surface area (Å²) in [6, 6.07) is 7.29. The predicted molar refractivity (Wildman–Crippen MR) is 80.1 cm³/mol. The predicted octanol–water partition coefficient (Wildman–Crippen LogP) is 0.422. The summed E-state index contributed by atoms with van der Waals surface area (Å²) < 4.78 is 0. The number of nitrogens with zero attached hydrogens (tertiary/aromatic N) is 1. The number of hydrogen-bond donors (Lipinski definition) is 2. The minimum Gasteiger partial charge on any atom is -0.326 e. The molecule has 1 aromatic rings. The first-order chi connectivity index (χ1) is 9.24. The minimum absolute atomic E-state index is 0.0351. The average Bonchev–Trinajstić information content (AvgIpc) is 2.42. The number of amides is 1. The van der Waals surface area contributed by atoms with E-state index in [1.54, 1.807) is 18.3 Å². The van der Waals surface area contributed by atoms with E-state index >= 15 is 0 Å². The van der Waals surface area contributed by atoms with Crippen molar-refractivity contribution in [3.8, 4) is 0 Å². The van der Waals surface area contributed by atoms with Gasteiger partial charge < -0.3 is 4.90 Å². The summed E-state index contributed by atoms with van der Waals surface area (Å²) in [6.45, 7) is 2.61. The molecule has 0 bridgehead atoms. The Bertz CT molecular complexity index is 444. The Labute approximate surface area is 122 Å². The lowest BCUT2D eigenvalue weighted by atomic mass is 10.2. The highest BCUT2D eigenvalue weighted by atomic mass is 35.5. The van der Waals surface area contributed by atoms with Crippen molar-refractivity contribution < 1.29 is 9.69 Å². The van der Waals surface area contributed by atoms with Crippen molar-refractivity contribution in [1.29, 1.82) is 0 Å². The zero-order valence-electron chi connectivity index (χ0n) is 10.6. The van der Waals surface area contributed by atoms with Crippen LogP contribution in [0, 0.1) is 0 Å². The molecule has 4 nitrogen and oxygen atoms in total. The van der Waals surface area contributed by atoms with E-state index in [1.165, 1.54) is 4.90 Å². The van der Waals surface area contributed by atoms with Crippen molar-refractivity contribution in [2.45, 2.75) is 0 Å². The summed E-state index contributed by atoms with van der Waals surface area (Å²) in [5.41, 5.74) is 3.47. The molecule has 6 heteroatoms. The van der Waals surface area contributed by atoms with Crippen LogP contribution in [0.2, 0.25) is 5.02 Å². The number of quaternary nitrogens is 1. The van der Waals surface area contributed by atoms with Gasteiger partial charge in [-0.2, -0.15) is 16.9 Å². The standard InChI is InChI=1S/C13H16ClN3OS/c14-12-3-1-11(2-4-12)9-15-16-13(18)10-17-5-7-19-8-6-17/h1-4,9H,5-8,10H2,(H,16,18)/p+1/b15-9-. The van der Waals surface area contributed by atoms with Crippen LogP contribution >= 0.6 is 23.4 Å². The van der Waals surface area contributed by atoms with Gasteiger partial charge in [-0.25, -0.2) is 5.43 Å². The Hall–Kier alpha value is -1.04. The molecule has 1 aliphatic rings. The summed E-state index contributed by atoms with van der Waals surface area (Å²) in [5.74, 6) is 2.24. The lowest BCUT2D eigenvalue weighted by Gasteiger charge is -2.21. The highest BCUT2D eigenvalue weighted by Gasteiger charge is 2.16. The molecule has 1 fully saturated rings. The molecule has 1 amide bonds. The molecule has 0 aliphatic carbocycles. The van der Waals surface area contributed by atoms with E-state index in [9.17, 15) is 4.79 Å². The number of hydrogen-bond acceptors (Lipinski definition) is 3. The maximum Gasteiger partial charge on any atom is 0.295 e. The third-order valence-electron chi connectivity index (χ3n) is 2.88. The SMILES string of the molecule is O=C(C[NH+]1CCSCC1)N/N=C\c1ccc(Cl)cc1. The summed E-state index contributed by atoms with van der Waals surface area (Å²) in [5, 5.41) is 4.64. The molecular formula is C13H17ClN3OS+. The Morgan fingerprint density at radius 2 is 2.05 bits per heavy atom. The van der Waals surface area contributed by atoms with Crippen LogP contribution in [0.4, 0.5) is 0 Å². The Morgan fingerprint density at radius 1 is 1.37 bits per heavy atom. The molecule has 2 rings (SSSR count). The van der Waals surface area contributed by atoms with Gasteiger partial charge in [-0.1, -0.05) is 23.7 Å². The van der Waals surface area contributed by atoms with E-state index in [1.807, 2.05) is 23.9 Å². The van der Waals surface area contributed by atoms with Crippen LogP contribution in [-0.2, 0) is 4.79 Å². The van der Waals surface area contributed by atoms with Crippen molar-refractivity contribution in [3.05, 3.63) is 34.9 Å². The first kappa shape index (κ1) is 14.4. The third-order valence-corrected chi connectivity index (χ3v) is 4.12. The number of hydrazone groups is 1. The van der Waals surface area contributed by atoms with Gasteiger partial charge in [0, 0.05) is 16.5 Å². The van der Waals surface area contributed by atoms with E-state index in [-0.39, 0.29) is 5.91 Å². The van der Waals surface area contributed by atoms with Crippen molar-refractivity contribution >= 4 is 35.5 Å². The van der Waals surface area contributed by atoms with Gasteiger partial charge in [0.05, 0.1) is 19.3 Å². The summed E-state index contributed by atoms with van der Waals surface area (Å²) in [7, 11) is 0. The lowest BCUT2D eigenvalue weighted by molar-refractivity contribution is -0.888. The molecule has 1 aliphatic heterocycles. The molecular weight excluding hydrogens is 282 g/mol. The van der Waals surface area contributed by atoms with Gasteiger partial charge in [-0.05, 0) is 17.7 Å². The minimum atomic E-state index is -0.0351. The summed E-state index contributed by atoms with van der Waals surface area (Å²) >= 11 is 7.73. The van der Waals surface area contributed by atoms with Crippen molar-refractivity contribution in [1.82, 2.24) is 5.43 Å². The normalized spacial score (nSPS) is 16.7. The van der Waals surface area contributed by atoms with Gasteiger partial charge in [-0.3, -0.25) is 4.79 Å². The number of carbonyl (C=O) groups excluding carboxylic acids is 1. The van der Waals surface area contributed by atoms with Crippen LogP contribution in [0.3, 0.4) is 0 Å². The fourth-order valence-corrected chi connectivity index (χ4v) is 3.03. The van der Waals surface area contributed by atoms with Gasteiger partial charge in [0.2, 0.25) is 0 Å². The zero-order chi connectivity index (χ0) is 13.5. The lowest BCUT2D eigenvalue weighted by Crippen LogP contribution is -3.14. The first-order valence-corrected chi connectivity index (χ1v) is 7.76. The zero-order valence-corrected chi connectivity index (χ0v) is 12.1.